The van der Waals surface area contributed by atoms with E-state index < -0.39 is 0 Å². The Balaban J connectivity index is 1.35. The molecule has 0 saturated heterocycles. The predicted octanol–water partition coefficient (Wildman–Crippen LogP) is 3.71. The smallest absolute Gasteiger partial charge is 0.257 e. The first-order valence-electron chi connectivity index (χ1n) is 8.37. The summed E-state index contributed by atoms with van der Waals surface area (Å²) in [7, 11) is 0. The van der Waals surface area contributed by atoms with Gasteiger partial charge < -0.3 is 15.1 Å². The second-order valence-corrected chi connectivity index (χ2v) is 7.20. The van der Waals surface area contributed by atoms with Gasteiger partial charge in [-0.25, -0.2) is 9.07 Å². The standard InChI is InChI=1S/C18H14ClFN6O2S/c19-12-3-1-11(2-4-12)17-22-15(25-28-17)10-29-18-24-23-16(26(18)21)9-27-14-7-5-13(20)6-8-14/h1-8H,9-10,21H2. The van der Waals surface area contributed by atoms with Gasteiger partial charge >= 0.3 is 0 Å². The molecule has 2 N–H and O–H groups in total. The van der Waals surface area contributed by atoms with Crippen molar-refractivity contribution in [1.82, 2.24) is 25.0 Å². The molecule has 8 nitrogen and oxygen atoms in total. The first-order valence-corrected chi connectivity index (χ1v) is 9.74. The highest BCUT2D eigenvalue weighted by atomic mass is 35.5. The first-order chi connectivity index (χ1) is 14.1. The average molecular weight is 433 g/mol. The zero-order valence-corrected chi connectivity index (χ0v) is 16.4. The lowest BCUT2D eigenvalue weighted by molar-refractivity contribution is 0.291. The number of nitrogens with zero attached hydrogens (tertiary/aromatic N) is 5. The van der Waals surface area contributed by atoms with Gasteiger partial charge in [0.2, 0.25) is 5.16 Å². The molecule has 2 aromatic carbocycles. The third-order valence-corrected chi connectivity index (χ3v) is 5.00. The minimum absolute atomic E-state index is 0.0959. The largest absolute Gasteiger partial charge is 0.486 e. The van der Waals surface area contributed by atoms with Crippen LogP contribution in [0.4, 0.5) is 4.39 Å². The van der Waals surface area contributed by atoms with Gasteiger partial charge in [-0.2, -0.15) is 4.98 Å². The van der Waals surface area contributed by atoms with Crippen LogP contribution in [0.3, 0.4) is 0 Å². The van der Waals surface area contributed by atoms with Gasteiger partial charge in [0.05, 0.1) is 5.75 Å². The van der Waals surface area contributed by atoms with Crippen molar-refractivity contribution in [3.8, 4) is 17.2 Å². The van der Waals surface area contributed by atoms with E-state index in [4.69, 9.17) is 26.7 Å². The Kier molecular flexibility index (Phi) is 5.63. The molecule has 0 aliphatic carbocycles. The van der Waals surface area contributed by atoms with E-state index in [2.05, 4.69) is 20.3 Å². The van der Waals surface area contributed by atoms with Crippen LogP contribution < -0.4 is 10.6 Å². The van der Waals surface area contributed by atoms with Crippen molar-refractivity contribution < 1.29 is 13.7 Å². The summed E-state index contributed by atoms with van der Waals surface area (Å²) in [5.41, 5.74) is 0.778. The number of rotatable bonds is 7. The maximum atomic E-state index is 12.9. The van der Waals surface area contributed by atoms with Gasteiger partial charge in [-0.05, 0) is 48.5 Å². The van der Waals surface area contributed by atoms with Crippen LogP contribution >= 0.6 is 23.4 Å². The van der Waals surface area contributed by atoms with Gasteiger partial charge in [0, 0.05) is 10.6 Å². The number of benzene rings is 2. The van der Waals surface area contributed by atoms with Crippen molar-refractivity contribution in [3.05, 3.63) is 71.0 Å². The van der Waals surface area contributed by atoms with Gasteiger partial charge in [0.15, 0.2) is 11.6 Å². The lowest BCUT2D eigenvalue weighted by Gasteiger charge is -2.06. The Hall–Kier alpha value is -3.11. The third-order valence-electron chi connectivity index (χ3n) is 3.81. The number of hydrogen-bond donors (Lipinski definition) is 1. The van der Waals surface area contributed by atoms with E-state index in [9.17, 15) is 4.39 Å². The number of nitrogen functional groups attached to an aromatic ring is 1. The summed E-state index contributed by atoms with van der Waals surface area (Å²) in [6.07, 6.45) is 0. The SMILES string of the molecule is Nn1c(COc2ccc(F)cc2)nnc1SCc1noc(-c2ccc(Cl)cc2)n1. The molecule has 148 valence electrons. The van der Waals surface area contributed by atoms with Crippen molar-refractivity contribution in [1.29, 1.82) is 0 Å². The van der Waals surface area contributed by atoms with Crippen molar-refractivity contribution in [3.63, 3.8) is 0 Å². The van der Waals surface area contributed by atoms with Crippen LogP contribution in [0.1, 0.15) is 11.6 Å². The second kappa shape index (κ2) is 8.50. The highest BCUT2D eigenvalue weighted by Crippen LogP contribution is 2.23. The average Bonchev–Trinajstić information content (AvgIpc) is 3.33. The number of hydrogen-bond acceptors (Lipinski definition) is 8. The highest BCUT2D eigenvalue weighted by Gasteiger charge is 2.14. The van der Waals surface area contributed by atoms with Gasteiger partial charge in [-0.3, -0.25) is 0 Å². The van der Waals surface area contributed by atoms with E-state index in [0.717, 1.165) is 5.56 Å². The molecule has 0 spiro atoms. The number of ether oxygens (including phenoxy) is 1. The van der Waals surface area contributed by atoms with Crippen molar-refractivity contribution in [2.24, 2.45) is 0 Å². The van der Waals surface area contributed by atoms with Crippen molar-refractivity contribution >= 4 is 23.4 Å². The van der Waals surface area contributed by atoms with Crippen LogP contribution in [-0.2, 0) is 12.4 Å². The molecule has 0 unspecified atom stereocenters. The fraction of sp³-hybridized carbons (Fsp3) is 0.111. The van der Waals surface area contributed by atoms with Crippen LogP contribution in [-0.4, -0.2) is 25.0 Å². The van der Waals surface area contributed by atoms with Crippen LogP contribution in [0.25, 0.3) is 11.5 Å². The molecule has 0 saturated carbocycles. The number of thioether (sulfide) groups is 1. The summed E-state index contributed by atoms with van der Waals surface area (Å²) < 4.78 is 25.1. The number of halogens is 2. The monoisotopic (exact) mass is 432 g/mol. The van der Waals surface area contributed by atoms with E-state index in [1.165, 1.54) is 40.7 Å². The molecule has 0 aliphatic rings. The molecule has 29 heavy (non-hydrogen) atoms. The molecule has 0 radical (unpaired) electrons. The molecule has 11 heteroatoms. The molecule has 0 atom stereocenters. The fourth-order valence-electron chi connectivity index (χ4n) is 2.33. The molecular weight excluding hydrogens is 419 g/mol. The molecule has 0 fully saturated rings. The summed E-state index contributed by atoms with van der Waals surface area (Å²) in [6.45, 7) is 0.0959. The first kappa shape index (κ1) is 19.2. The second-order valence-electron chi connectivity index (χ2n) is 5.82. The summed E-state index contributed by atoms with van der Waals surface area (Å²) in [4.78, 5) is 4.35. The van der Waals surface area contributed by atoms with Gasteiger partial charge in [-0.1, -0.05) is 28.5 Å². The highest BCUT2D eigenvalue weighted by molar-refractivity contribution is 7.98. The molecular formula is C18H14ClFN6O2S. The molecule has 4 aromatic rings. The molecule has 0 amide bonds. The maximum Gasteiger partial charge on any atom is 0.257 e. The maximum absolute atomic E-state index is 12.9. The Labute approximate surface area is 173 Å². The summed E-state index contributed by atoms with van der Waals surface area (Å²) >= 11 is 7.19. The van der Waals surface area contributed by atoms with Gasteiger partial charge in [0.25, 0.3) is 5.89 Å². The van der Waals surface area contributed by atoms with Crippen molar-refractivity contribution in [2.75, 3.05) is 5.84 Å². The Morgan fingerprint density at radius 2 is 1.86 bits per heavy atom. The zero-order chi connectivity index (χ0) is 20.2. The number of aromatic nitrogens is 5. The molecule has 0 bridgehead atoms. The Bertz CT molecular complexity index is 1100. The zero-order valence-electron chi connectivity index (χ0n) is 14.8. The van der Waals surface area contributed by atoms with Crippen LogP contribution in [0.15, 0.2) is 58.2 Å². The summed E-state index contributed by atoms with van der Waals surface area (Å²) in [6, 6.07) is 12.8. The fourth-order valence-corrected chi connectivity index (χ4v) is 3.18. The summed E-state index contributed by atoms with van der Waals surface area (Å²) in [5.74, 6) is 7.90. The predicted molar refractivity (Wildman–Crippen MR) is 105 cm³/mol. The number of nitrogens with two attached hydrogens (primary N) is 1. The Morgan fingerprint density at radius 3 is 2.62 bits per heavy atom. The van der Waals surface area contributed by atoms with E-state index in [1.807, 2.05) is 0 Å². The van der Waals surface area contributed by atoms with E-state index in [1.54, 1.807) is 24.3 Å². The van der Waals surface area contributed by atoms with Crippen LogP contribution in [0, 0.1) is 5.82 Å². The van der Waals surface area contributed by atoms with Crippen LogP contribution in [0.2, 0.25) is 5.02 Å². The lowest BCUT2D eigenvalue weighted by atomic mass is 10.2. The Morgan fingerprint density at radius 1 is 1.10 bits per heavy atom. The molecule has 4 rings (SSSR count). The van der Waals surface area contributed by atoms with Gasteiger partial charge in [-0.15, -0.1) is 10.2 Å². The quantitative estimate of drug-likeness (QED) is 0.348. The molecule has 2 heterocycles. The van der Waals surface area contributed by atoms with Crippen molar-refractivity contribution in [2.45, 2.75) is 17.5 Å². The minimum atomic E-state index is -0.335. The van der Waals surface area contributed by atoms with E-state index in [-0.39, 0.29) is 12.4 Å². The normalized spacial score (nSPS) is 11.0. The third kappa shape index (κ3) is 4.66. The lowest BCUT2D eigenvalue weighted by Crippen LogP contribution is -2.15. The van der Waals surface area contributed by atoms with E-state index >= 15 is 0 Å². The minimum Gasteiger partial charge on any atom is -0.486 e. The molecule has 0 aliphatic heterocycles. The van der Waals surface area contributed by atoms with Crippen LogP contribution in [0.5, 0.6) is 5.75 Å². The topological polar surface area (TPSA) is 105 Å². The summed E-state index contributed by atoms with van der Waals surface area (Å²) in [5, 5.41) is 13.1. The van der Waals surface area contributed by atoms with E-state index in [0.29, 0.717) is 39.2 Å². The molecule has 2 aromatic heterocycles. The van der Waals surface area contributed by atoms with Gasteiger partial charge in [0.1, 0.15) is 18.2 Å².